The van der Waals surface area contributed by atoms with Crippen molar-refractivity contribution in [2.45, 2.75) is 77.7 Å². The van der Waals surface area contributed by atoms with Gasteiger partial charge in [-0.25, -0.2) is 0 Å². The standard InChI is InChI=1S/C28H38ClN3/c1-5-7-11-23-19-31(20(3)10-6-2)16-17-32(23)21(4)22-14-15-25-27(18-22)30-26-13-9-8-12-24(26)28(25)29/h14-15,18,23H,3-13,16-17,19H2,1-2H3. The summed E-state index contributed by atoms with van der Waals surface area (Å²) < 4.78 is 0. The molecule has 0 radical (unpaired) electrons. The fourth-order valence-corrected chi connectivity index (χ4v) is 5.71. The molecule has 1 aromatic carbocycles. The second kappa shape index (κ2) is 10.3. The zero-order valence-electron chi connectivity index (χ0n) is 19.9. The van der Waals surface area contributed by atoms with Crippen LogP contribution >= 0.6 is 11.6 Å². The van der Waals surface area contributed by atoms with Gasteiger partial charge in [0.1, 0.15) is 0 Å². The van der Waals surface area contributed by atoms with E-state index in [1.54, 1.807) is 0 Å². The molecule has 2 aliphatic rings. The van der Waals surface area contributed by atoms with E-state index in [2.05, 4.69) is 55.0 Å². The van der Waals surface area contributed by atoms with Gasteiger partial charge in [-0.2, -0.15) is 0 Å². The Balaban J connectivity index is 1.59. The van der Waals surface area contributed by atoms with Crippen molar-refractivity contribution in [2.24, 2.45) is 0 Å². The van der Waals surface area contributed by atoms with E-state index in [1.807, 2.05) is 0 Å². The van der Waals surface area contributed by atoms with Crippen LogP contribution in [0.4, 0.5) is 0 Å². The summed E-state index contributed by atoms with van der Waals surface area (Å²) in [5.41, 5.74) is 7.03. The maximum absolute atomic E-state index is 6.81. The van der Waals surface area contributed by atoms with Gasteiger partial charge in [0, 0.05) is 48.2 Å². The highest BCUT2D eigenvalue weighted by molar-refractivity contribution is 6.36. The second-order valence-electron chi connectivity index (χ2n) is 9.49. The number of unbranched alkanes of at least 4 members (excludes halogenated alkanes) is 1. The molecular formula is C28H38ClN3. The molecule has 0 N–H and O–H groups in total. The first-order chi connectivity index (χ1) is 15.5. The predicted molar refractivity (Wildman–Crippen MR) is 138 cm³/mol. The van der Waals surface area contributed by atoms with Crippen LogP contribution in [0.3, 0.4) is 0 Å². The SMILES string of the molecule is C=C(CCC)N1CCN(C(=C)c2ccc3c(Cl)c4c(nc3c2)CCCC4)C(CCCC)C1. The number of rotatable bonds is 8. The summed E-state index contributed by atoms with van der Waals surface area (Å²) in [5, 5.41) is 1.98. The molecule has 1 unspecified atom stereocenters. The van der Waals surface area contributed by atoms with Crippen molar-refractivity contribution in [3.05, 3.63) is 58.9 Å². The molecule has 1 saturated heterocycles. The Morgan fingerprint density at radius 2 is 1.94 bits per heavy atom. The largest absolute Gasteiger partial charge is 0.371 e. The molecular weight excluding hydrogens is 414 g/mol. The highest BCUT2D eigenvalue weighted by atomic mass is 35.5. The van der Waals surface area contributed by atoms with Crippen molar-refractivity contribution in [1.82, 2.24) is 14.8 Å². The highest BCUT2D eigenvalue weighted by Crippen LogP contribution is 2.35. The van der Waals surface area contributed by atoms with Gasteiger partial charge in [0.2, 0.25) is 0 Å². The van der Waals surface area contributed by atoms with Gasteiger partial charge in [0.05, 0.1) is 10.5 Å². The number of pyridine rings is 1. The van der Waals surface area contributed by atoms with Crippen LogP contribution in [0, 0.1) is 0 Å². The molecule has 0 saturated carbocycles. The monoisotopic (exact) mass is 451 g/mol. The van der Waals surface area contributed by atoms with E-state index in [4.69, 9.17) is 16.6 Å². The van der Waals surface area contributed by atoms with Gasteiger partial charge in [-0.1, -0.05) is 70.0 Å². The summed E-state index contributed by atoms with van der Waals surface area (Å²) in [7, 11) is 0. The highest BCUT2D eigenvalue weighted by Gasteiger charge is 2.28. The molecule has 4 heteroatoms. The van der Waals surface area contributed by atoms with E-state index in [9.17, 15) is 0 Å². The first-order valence-electron chi connectivity index (χ1n) is 12.5. The van der Waals surface area contributed by atoms with Gasteiger partial charge < -0.3 is 9.80 Å². The first-order valence-corrected chi connectivity index (χ1v) is 12.9. The maximum Gasteiger partial charge on any atom is 0.0727 e. The van der Waals surface area contributed by atoms with Crippen molar-refractivity contribution in [3.63, 3.8) is 0 Å². The van der Waals surface area contributed by atoms with Crippen molar-refractivity contribution in [1.29, 1.82) is 0 Å². The number of aromatic nitrogens is 1. The molecule has 0 amide bonds. The van der Waals surface area contributed by atoms with E-state index in [-0.39, 0.29) is 0 Å². The van der Waals surface area contributed by atoms with Crippen molar-refractivity contribution >= 4 is 28.2 Å². The quantitative estimate of drug-likeness (QED) is 0.422. The zero-order chi connectivity index (χ0) is 22.7. The number of hydrogen-bond acceptors (Lipinski definition) is 3. The molecule has 172 valence electrons. The number of hydrogen-bond donors (Lipinski definition) is 0. The summed E-state index contributed by atoms with van der Waals surface area (Å²) in [5.74, 6) is 0. The molecule has 32 heavy (non-hydrogen) atoms. The van der Waals surface area contributed by atoms with Gasteiger partial charge in [-0.15, -0.1) is 0 Å². The van der Waals surface area contributed by atoms with Crippen LogP contribution < -0.4 is 0 Å². The Morgan fingerprint density at radius 3 is 2.72 bits per heavy atom. The third-order valence-electron chi connectivity index (χ3n) is 7.23. The lowest BCUT2D eigenvalue weighted by atomic mass is 9.94. The Morgan fingerprint density at radius 1 is 1.12 bits per heavy atom. The van der Waals surface area contributed by atoms with Crippen LogP contribution in [0.25, 0.3) is 16.6 Å². The van der Waals surface area contributed by atoms with Crippen LogP contribution in [0.1, 0.15) is 75.6 Å². The second-order valence-corrected chi connectivity index (χ2v) is 9.87. The number of benzene rings is 1. The van der Waals surface area contributed by atoms with E-state index < -0.39 is 0 Å². The summed E-state index contributed by atoms with van der Waals surface area (Å²) in [4.78, 5) is 10.1. The lowest BCUT2D eigenvalue weighted by Crippen LogP contribution is -2.51. The fourth-order valence-electron chi connectivity index (χ4n) is 5.34. The van der Waals surface area contributed by atoms with Crippen molar-refractivity contribution < 1.29 is 0 Å². The van der Waals surface area contributed by atoms with Gasteiger partial charge in [-0.3, -0.25) is 4.98 Å². The lowest BCUT2D eigenvalue weighted by molar-refractivity contribution is 0.136. The summed E-state index contributed by atoms with van der Waals surface area (Å²) in [6, 6.07) is 7.02. The summed E-state index contributed by atoms with van der Waals surface area (Å²) in [6.07, 6.45) is 10.4. The molecule has 1 aliphatic carbocycles. The minimum Gasteiger partial charge on any atom is -0.371 e. The topological polar surface area (TPSA) is 19.4 Å². The minimum atomic E-state index is 0.473. The summed E-state index contributed by atoms with van der Waals surface area (Å²) >= 11 is 6.81. The average Bonchev–Trinajstić information content (AvgIpc) is 2.82. The maximum atomic E-state index is 6.81. The van der Waals surface area contributed by atoms with Crippen LogP contribution in [0.2, 0.25) is 5.02 Å². The number of allylic oxidation sites excluding steroid dienone is 1. The third-order valence-corrected chi connectivity index (χ3v) is 7.66. The Bertz CT molecular complexity index is 996. The average molecular weight is 452 g/mol. The Kier molecular flexibility index (Phi) is 7.45. The van der Waals surface area contributed by atoms with Crippen LogP contribution in [-0.2, 0) is 12.8 Å². The van der Waals surface area contributed by atoms with Gasteiger partial charge in [0.15, 0.2) is 0 Å². The van der Waals surface area contributed by atoms with Gasteiger partial charge in [0.25, 0.3) is 0 Å². The molecule has 1 aliphatic heterocycles. The normalized spacial score (nSPS) is 18.7. The van der Waals surface area contributed by atoms with Gasteiger partial charge >= 0.3 is 0 Å². The molecule has 0 bridgehead atoms. The van der Waals surface area contributed by atoms with E-state index in [1.165, 1.54) is 54.6 Å². The molecule has 3 nitrogen and oxygen atoms in total. The Labute approximate surface area is 199 Å². The number of fused-ring (bicyclic) bond motifs is 2. The summed E-state index contributed by atoms with van der Waals surface area (Å²) in [6.45, 7) is 16.5. The number of piperazine rings is 1. The van der Waals surface area contributed by atoms with Gasteiger partial charge in [-0.05, 0) is 55.7 Å². The molecule has 1 fully saturated rings. The molecule has 0 spiro atoms. The van der Waals surface area contributed by atoms with Crippen molar-refractivity contribution in [2.75, 3.05) is 19.6 Å². The van der Waals surface area contributed by atoms with Crippen molar-refractivity contribution in [3.8, 4) is 0 Å². The molecule has 1 atom stereocenters. The number of nitrogens with zero attached hydrogens (tertiary/aromatic N) is 3. The first kappa shape index (κ1) is 23.2. The fraction of sp³-hybridized carbons (Fsp3) is 0.536. The van der Waals surface area contributed by atoms with Crippen LogP contribution in [-0.4, -0.2) is 40.5 Å². The Hall–Kier alpha value is -2.00. The van der Waals surface area contributed by atoms with E-state index >= 15 is 0 Å². The van der Waals surface area contributed by atoms with E-state index in [0.717, 1.165) is 66.9 Å². The third kappa shape index (κ3) is 4.69. The number of aryl methyl sites for hydroxylation is 1. The predicted octanol–water partition coefficient (Wildman–Crippen LogP) is 7.23. The molecule has 4 rings (SSSR count). The zero-order valence-corrected chi connectivity index (χ0v) is 20.7. The smallest absolute Gasteiger partial charge is 0.0727 e. The molecule has 1 aromatic heterocycles. The molecule has 2 aromatic rings. The van der Waals surface area contributed by atoms with Crippen LogP contribution in [0.15, 0.2) is 37.1 Å². The van der Waals surface area contributed by atoms with Crippen LogP contribution in [0.5, 0.6) is 0 Å². The minimum absolute atomic E-state index is 0.473. The lowest BCUT2D eigenvalue weighted by Gasteiger charge is -2.45. The number of halogens is 1. The molecule has 2 heterocycles. The van der Waals surface area contributed by atoms with E-state index in [0.29, 0.717) is 6.04 Å².